The van der Waals surface area contributed by atoms with Crippen LogP contribution in [0.3, 0.4) is 0 Å². The van der Waals surface area contributed by atoms with E-state index in [1.165, 1.54) is 12.3 Å². The average molecular weight is 235 g/mol. The highest BCUT2D eigenvalue weighted by molar-refractivity contribution is 5.93. The van der Waals surface area contributed by atoms with Crippen LogP contribution in [-0.2, 0) is 0 Å². The number of rotatable bonds is 3. The Balaban J connectivity index is 2.36. The maximum absolute atomic E-state index is 11.2. The van der Waals surface area contributed by atoms with E-state index in [9.17, 15) is 4.79 Å². The molecule has 5 nitrogen and oxygen atoms in total. The van der Waals surface area contributed by atoms with Gasteiger partial charge in [-0.3, -0.25) is 0 Å². The van der Waals surface area contributed by atoms with Gasteiger partial charge in [-0.15, -0.1) is 5.10 Å². The summed E-state index contributed by atoms with van der Waals surface area (Å²) in [5.41, 5.74) is 0.243. The van der Waals surface area contributed by atoms with Gasteiger partial charge in [0.15, 0.2) is 5.82 Å². The Hall–Kier alpha value is -1.65. The molecule has 1 fully saturated rings. The number of carboxylic acid groups (broad SMARTS) is 1. The summed E-state index contributed by atoms with van der Waals surface area (Å²) in [6.45, 7) is 5.17. The Kier molecular flexibility index (Phi) is 3.26. The van der Waals surface area contributed by atoms with Gasteiger partial charge < -0.3 is 10.0 Å². The lowest BCUT2D eigenvalue weighted by atomic mass is 10.0. The maximum Gasteiger partial charge on any atom is 0.339 e. The van der Waals surface area contributed by atoms with Crippen molar-refractivity contribution >= 4 is 11.8 Å². The molecule has 0 aliphatic carbocycles. The highest BCUT2D eigenvalue weighted by Crippen LogP contribution is 2.29. The number of aromatic nitrogens is 2. The lowest BCUT2D eigenvalue weighted by Gasteiger charge is -2.28. The molecular formula is C12H17N3O2. The smallest absolute Gasteiger partial charge is 0.339 e. The number of aromatic carboxylic acids is 1. The van der Waals surface area contributed by atoms with Crippen molar-refractivity contribution in [3.63, 3.8) is 0 Å². The molecule has 1 unspecified atom stereocenters. The molecule has 1 saturated heterocycles. The first-order valence-corrected chi connectivity index (χ1v) is 5.93. The largest absolute Gasteiger partial charge is 0.478 e. The van der Waals surface area contributed by atoms with E-state index in [1.807, 2.05) is 0 Å². The standard InChI is InChI=1S/C12H17N3O2/c1-8(2)10-4-3-7-15(10)11-9(12(16)17)5-6-13-14-11/h5-6,8,10H,3-4,7H2,1-2H3,(H,16,17). The van der Waals surface area contributed by atoms with Crippen LogP contribution in [0.4, 0.5) is 5.82 Å². The zero-order valence-electron chi connectivity index (χ0n) is 10.1. The topological polar surface area (TPSA) is 66.3 Å². The van der Waals surface area contributed by atoms with Gasteiger partial charge in [-0.2, -0.15) is 5.10 Å². The van der Waals surface area contributed by atoms with Gasteiger partial charge in [-0.1, -0.05) is 13.8 Å². The van der Waals surface area contributed by atoms with Crippen molar-refractivity contribution in [1.82, 2.24) is 10.2 Å². The SMILES string of the molecule is CC(C)C1CCCN1c1nnccc1C(=O)O. The molecule has 2 heterocycles. The summed E-state index contributed by atoms with van der Waals surface area (Å²) >= 11 is 0. The minimum atomic E-state index is -0.940. The van der Waals surface area contributed by atoms with Crippen LogP contribution in [0.15, 0.2) is 12.3 Å². The molecule has 0 amide bonds. The summed E-state index contributed by atoms with van der Waals surface area (Å²) < 4.78 is 0. The Morgan fingerprint density at radius 3 is 3.00 bits per heavy atom. The molecule has 0 bridgehead atoms. The zero-order valence-corrected chi connectivity index (χ0v) is 10.1. The lowest BCUT2D eigenvalue weighted by Crippen LogP contribution is -2.35. The Bertz CT molecular complexity index is 420. The van der Waals surface area contributed by atoms with Crippen molar-refractivity contribution in [3.8, 4) is 0 Å². The van der Waals surface area contributed by atoms with E-state index in [0.717, 1.165) is 19.4 Å². The summed E-state index contributed by atoms with van der Waals surface area (Å²) in [6, 6.07) is 1.88. The fourth-order valence-electron chi connectivity index (χ4n) is 2.45. The summed E-state index contributed by atoms with van der Waals surface area (Å²) in [5.74, 6) is 0.0571. The molecule has 0 saturated carbocycles. The minimum Gasteiger partial charge on any atom is -0.478 e. The Morgan fingerprint density at radius 2 is 2.35 bits per heavy atom. The van der Waals surface area contributed by atoms with Crippen molar-refractivity contribution in [2.45, 2.75) is 32.7 Å². The van der Waals surface area contributed by atoms with Crippen LogP contribution in [0, 0.1) is 5.92 Å². The summed E-state index contributed by atoms with van der Waals surface area (Å²) in [4.78, 5) is 13.2. The highest BCUT2D eigenvalue weighted by Gasteiger charge is 2.30. The average Bonchev–Trinajstić information content (AvgIpc) is 2.77. The van der Waals surface area contributed by atoms with Gasteiger partial charge in [0.05, 0.1) is 6.20 Å². The van der Waals surface area contributed by atoms with Crippen LogP contribution in [-0.4, -0.2) is 33.9 Å². The van der Waals surface area contributed by atoms with Crippen LogP contribution in [0.1, 0.15) is 37.0 Å². The zero-order chi connectivity index (χ0) is 12.4. The lowest BCUT2D eigenvalue weighted by molar-refractivity contribution is 0.0697. The van der Waals surface area contributed by atoms with Gasteiger partial charge in [-0.05, 0) is 24.8 Å². The normalized spacial score (nSPS) is 19.9. The molecule has 1 aromatic rings. The number of anilines is 1. The Morgan fingerprint density at radius 1 is 1.59 bits per heavy atom. The number of carboxylic acids is 1. The van der Waals surface area contributed by atoms with Crippen LogP contribution in [0.5, 0.6) is 0 Å². The van der Waals surface area contributed by atoms with Gasteiger partial charge in [0, 0.05) is 12.6 Å². The van der Waals surface area contributed by atoms with E-state index in [2.05, 4.69) is 28.9 Å². The van der Waals surface area contributed by atoms with Crippen molar-refractivity contribution in [3.05, 3.63) is 17.8 Å². The molecule has 92 valence electrons. The van der Waals surface area contributed by atoms with Crippen molar-refractivity contribution < 1.29 is 9.90 Å². The number of hydrogen-bond acceptors (Lipinski definition) is 4. The van der Waals surface area contributed by atoms with Crippen molar-refractivity contribution in [1.29, 1.82) is 0 Å². The molecule has 1 aliphatic heterocycles. The van der Waals surface area contributed by atoms with Gasteiger partial charge in [0.2, 0.25) is 0 Å². The van der Waals surface area contributed by atoms with E-state index < -0.39 is 5.97 Å². The molecule has 0 spiro atoms. The van der Waals surface area contributed by atoms with Gasteiger partial charge in [0.1, 0.15) is 5.56 Å². The molecule has 1 atom stereocenters. The van der Waals surface area contributed by atoms with E-state index in [0.29, 0.717) is 17.8 Å². The third-order valence-corrected chi connectivity index (χ3v) is 3.27. The highest BCUT2D eigenvalue weighted by atomic mass is 16.4. The van der Waals surface area contributed by atoms with Crippen molar-refractivity contribution in [2.24, 2.45) is 5.92 Å². The monoisotopic (exact) mass is 235 g/mol. The first kappa shape index (κ1) is 11.8. The summed E-state index contributed by atoms with van der Waals surface area (Å²) in [5, 5.41) is 17.0. The van der Waals surface area contributed by atoms with E-state index in [1.54, 1.807) is 0 Å². The Labute approximate surface area is 100 Å². The fraction of sp³-hybridized carbons (Fsp3) is 0.583. The molecule has 2 rings (SSSR count). The third kappa shape index (κ3) is 2.23. The summed E-state index contributed by atoms with van der Waals surface area (Å²) in [6.07, 6.45) is 3.60. The number of nitrogens with zero attached hydrogens (tertiary/aromatic N) is 3. The summed E-state index contributed by atoms with van der Waals surface area (Å²) in [7, 11) is 0. The van der Waals surface area contributed by atoms with E-state index in [4.69, 9.17) is 5.11 Å². The van der Waals surface area contributed by atoms with E-state index >= 15 is 0 Å². The third-order valence-electron chi connectivity index (χ3n) is 3.27. The van der Waals surface area contributed by atoms with Crippen molar-refractivity contribution in [2.75, 3.05) is 11.4 Å². The fourth-order valence-corrected chi connectivity index (χ4v) is 2.45. The molecular weight excluding hydrogens is 218 g/mol. The van der Waals surface area contributed by atoms with Crippen LogP contribution >= 0.6 is 0 Å². The van der Waals surface area contributed by atoms with Crippen LogP contribution in [0.2, 0.25) is 0 Å². The van der Waals surface area contributed by atoms with Gasteiger partial charge in [0.25, 0.3) is 0 Å². The van der Waals surface area contributed by atoms with Gasteiger partial charge in [-0.25, -0.2) is 4.79 Å². The molecule has 1 N–H and O–H groups in total. The molecule has 5 heteroatoms. The molecule has 0 radical (unpaired) electrons. The molecule has 0 aromatic carbocycles. The molecule has 1 aliphatic rings. The first-order valence-electron chi connectivity index (χ1n) is 5.93. The number of hydrogen-bond donors (Lipinski definition) is 1. The van der Waals surface area contributed by atoms with Crippen LogP contribution in [0.25, 0.3) is 0 Å². The minimum absolute atomic E-state index is 0.243. The maximum atomic E-state index is 11.2. The molecule has 1 aromatic heterocycles. The first-order chi connectivity index (χ1) is 8.11. The predicted molar refractivity (Wildman–Crippen MR) is 64.2 cm³/mol. The second kappa shape index (κ2) is 4.69. The van der Waals surface area contributed by atoms with E-state index in [-0.39, 0.29) is 5.56 Å². The second-order valence-corrected chi connectivity index (χ2v) is 4.72. The predicted octanol–water partition coefficient (Wildman–Crippen LogP) is 1.80. The number of carbonyl (C=O) groups is 1. The van der Waals surface area contributed by atoms with Crippen LogP contribution < -0.4 is 4.90 Å². The molecule has 17 heavy (non-hydrogen) atoms. The van der Waals surface area contributed by atoms with Gasteiger partial charge >= 0.3 is 5.97 Å². The second-order valence-electron chi connectivity index (χ2n) is 4.72. The quantitative estimate of drug-likeness (QED) is 0.865.